The number of hydrogen-bond acceptors (Lipinski definition) is 3. The molecular weight excluding hydrogens is 202 g/mol. The SMILES string of the molecule is CCC1(CNC(=O)c2ccncc2N)CC1. The Hall–Kier alpha value is -1.58. The summed E-state index contributed by atoms with van der Waals surface area (Å²) < 4.78 is 0. The van der Waals surface area contributed by atoms with Gasteiger partial charge in [-0.2, -0.15) is 0 Å². The molecule has 0 spiro atoms. The van der Waals surface area contributed by atoms with Gasteiger partial charge in [-0.3, -0.25) is 9.78 Å². The predicted octanol–water partition coefficient (Wildman–Crippen LogP) is 1.58. The third-order valence-corrected chi connectivity index (χ3v) is 3.43. The maximum absolute atomic E-state index is 11.8. The average Bonchev–Trinajstić information content (AvgIpc) is 3.07. The molecule has 1 heterocycles. The smallest absolute Gasteiger partial charge is 0.253 e. The number of anilines is 1. The first kappa shape index (κ1) is 10.9. The molecule has 86 valence electrons. The fourth-order valence-electron chi connectivity index (χ4n) is 1.81. The number of nitrogen functional groups attached to an aromatic ring is 1. The molecule has 0 bridgehead atoms. The van der Waals surface area contributed by atoms with Gasteiger partial charge >= 0.3 is 0 Å². The monoisotopic (exact) mass is 219 g/mol. The Labute approximate surface area is 95.3 Å². The number of nitrogens with zero attached hydrogens (tertiary/aromatic N) is 1. The Bertz CT molecular complexity index is 399. The van der Waals surface area contributed by atoms with Gasteiger partial charge in [-0.1, -0.05) is 6.92 Å². The van der Waals surface area contributed by atoms with Gasteiger partial charge in [0.15, 0.2) is 0 Å². The largest absolute Gasteiger partial charge is 0.397 e. The van der Waals surface area contributed by atoms with Crippen LogP contribution in [0.4, 0.5) is 5.69 Å². The van der Waals surface area contributed by atoms with Crippen molar-refractivity contribution in [1.82, 2.24) is 10.3 Å². The minimum absolute atomic E-state index is 0.0976. The topological polar surface area (TPSA) is 68.0 Å². The molecule has 4 heteroatoms. The minimum atomic E-state index is -0.0976. The van der Waals surface area contributed by atoms with Gasteiger partial charge in [0.05, 0.1) is 17.4 Å². The van der Waals surface area contributed by atoms with Crippen molar-refractivity contribution in [1.29, 1.82) is 0 Å². The molecule has 16 heavy (non-hydrogen) atoms. The first-order valence-electron chi connectivity index (χ1n) is 5.64. The first-order chi connectivity index (χ1) is 7.67. The molecule has 1 aromatic rings. The summed E-state index contributed by atoms with van der Waals surface area (Å²) in [6, 6.07) is 1.65. The number of carbonyl (C=O) groups excluding carboxylic acids is 1. The summed E-state index contributed by atoms with van der Waals surface area (Å²) in [4.78, 5) is 15.7. The number of nitrogens with two attached hydrogens (primary N) is 1. The van der Waals surface area contributed by atoms with Crippen molar-refractivity contribution in [3.8, 4) is 0 Å². The van der Waals surface area contributed by atoms with E-state index in [9.17, 15) is 4.79 Å². The van der Waals surface area contributed by atoms with Crippen molar-refractivity contribution in [3.05, 3.63) is 24.0 Å². The van der Waals surface area contributed by atoms with Gasteiger partial charge in [-0.15, -0.1) is 0 Å². The standard InChI is InChI=1S/C12H17N3O/c1-2-12(4-5-12)8-15-11(16)9-3-6-14-7-10(9)13/h3,6-7H,2,4-5,8,13H2,1H3,(H,15,16). The van der Waals surface area contributed by atoms with Gasteiger partial charge in [0.25, 0.3) is 5.91 Å². The van der Waals surface area contributed by atoms with Crippen LogP contribution < -0.4 is 11.1 Å². The van der Waals surface area contributed by atoms with Gasteiger partial charge in [0.1, 0.15) is 0 Å². The van der Waals surface area contributed by atoms with Gasteiger partial charge < -0.3 is 11.1 Å². The third kappa shape index (κ3) is 2.15. The molecule has 1 saturated carbocycles. The lowest BCUT2D eigenvalue weighted by Crippen LogP contribution is -2.30. The molecule has 1 aromatic heterocycles. The van der Waals surface area contributed by atoms with E-state index in [0.717, 1.165) is 13.0 Å². The van der Waals surface area contributed by atoms with Crippen LogP contribution in [0.2, 0.25) is 0 Å². The number of pyridine rings is 1. The molecule has 0 aliphatic heterocycles. The van der Waals surface area contributed by atoms with Crippen LogP contribution >= 0.6 is 0 Å². The van der Waals surface area contributed by atoms with Gasteiger partial charge in [0.2, 0.25) is 0 Å². The van der Waals surface area contributed by atoms with Crippen molar-refractivity contribution in [2.24, 2.45) is 5.41 Å². The summed E-state index contributed by atoms with van der Waals surface area (Å²) in [5.74, 6) is -0.0976. The van der Waals surface area contributed by atoms with E-state index in [4.69, 9.17) is 5.73 Å². The average molecular weight is 219 g/mol. The van der Waals surface area contributed by atoms with Crippen LogP contribution in [0.15, 0.2) is 18.5 Å². The fraction of sp³-hybridized carbons (Fsp3) is 0.500. The Morgan fingerprint density at radius 2 is 2.38 bits per heavy atom. The fourth-order valence-corrected chi connectivity index (χ4v) is 1.81. The van der Waals surface area contributed by atoms with Gasteiger partial charge in [-0.05, 0) is 30.7 Å². The maximum atomic E-state index is 11.8. The maximum Gasteiger partial charge on any atom is 0.253 e. The Morgan fingerprint density at radius 3 is 2.94 bits per heavy atom. The number of hydrogen-bond donors (Lipinski definition) is 2. The van der Waals surface area contributed by atoms with E-state index < -0.39 is 0 Å². The van der Waals surface area contributed by atoms with Crippen LogP contribution in [-0.2, 0) is 0 Å². The number of amides is 1. The summed E-state index contributed by atoms with van der Waals surface area (Å²) in [5.41, 5.74) is 6.99. The second kappa shape index (κ2) is 4.12. The van der Waals surface area contributed by atoms with E-state index >= 15 is 0 Å². The molecule has 1 amide bonds. The molecule has 1 fully saturated rings. The van der Waals surface area contributed by atoms with E-state index in [0.29, 0.717) is 16.7 Å². The quantitative estimate of drug-likeness (QED) is 0.808. The molecule has 1 aliphatic carbocycles. The molecule has 0 aromatic carbocycles. The molecule has 3 N–H and O–H groups in total. The lowest BCUT2D eigenvalue weighted by atomic mass is 10.0. The second-order valence-electron chi connectivity index (χ2n) is 4.50. The molecule has 2 rings (SSSR count). The predicted molar refractivity (Wildman–Crippen MR) is 62.9 cm³/mol. The zero-order valence-corrected chi connectivity index (χ0v) is 9.49. The highest BCUT2D eigenvalue weighted by Crippen LogP contribution is 2.47. The summed E-state index contributed by atoms with van der Waals surface area (Å²) in [6.45, 7) is 2.92. The van der Waals surface area contributed by atoms with Crippen LogP contribution in [0.25, 0.3) is 0 Å². The van der Waals surface area contributed by atoms with E-state index in [2.05, 4.69) is 17.2 Å². The summed E-state index contributed by atoms with van der Waals surface area (Å²) >= 11 is 0. The highest BCUT2D eigenvalue weighted by Gasteiger charge is 2.40. The molecule has 0 unspecified atom stereocenters. The molecular formula is C12H17N3O. The Morgan fingerprint density at radius 1 is 1.62 bits per heavy atom. The first-order valence-corrected chi connectivity index (χ1v) is 5.64. The van der Waals surface area contributed by atoms with Crippen LogP contribution in [0.1, 0.15) is 36.5 Å². The Kier molecular flexibility index (Phi) is 2.81. The normalized spacial score (nSPS) is 16.8. The molecule has 1 aliphatic rings. The van der Waals surface area contributed by atoms with Crippen molar-refractivity contribution in [3.63, 3.8) is 0 Å². The third-order valence-electron chi connectivity index (χ3n) is 3.43. The zero-order chi connectivity index (χ0) is 11.6. The highest BCUT2D eigenvalue weighted by molar-refractivity contribution is 5.98. The summed E-state index contributed by atoms with van der Waals surface area (Å²) in [5, 5.41) is 2.95. The van der Waals surface area contributed by atoms with Crippen molar-refractivity contribution in [2.45, 2.75) is 26.2 Å². The van der Waals surface area contributed by atoms with E-state index in [-0.39, 0.29) is 5.91 Å². The number of rotatable bonds is 4. The van der Waals surface area contributed by atoms with Gasteiger partial charge in [-0.25, -0.2) is 0 Å². The second-order valence-corrected chi connectivity index (χ2v) is 4.50. The van der Waals surface area contributed by atoms with Crippen molar-refractivity contribution < 1.29 is 4.79 Å². The van der Waals surface area contributed by atoms with Crippen LogP contribution in [-0.4, -0.2) is 17.4 Å². The lowest BCUT2D eigenvalue weighted by molar-refractivity contribution is 0.0945. The highest BCUT2D eigenvalue weighted by atomic mass is 16.1. The lowest BCUT2D eigenvalue weighted by Gasteiger charge is -2.13. The van der Waals surface area contributed by atoms with E-state index in [1.54, 1.807) is 12.3 Å². The van der Waals surface area contributed by atoms with Crippen LogP contribution in [0.5, 0.6) is 0 Å². The molecule has 0 radical (unpaired) electrons. The molecule has 4 nitrogen and oxygen atoms in total. The molecule has 0 saturated heterocycles. The van der Waals surface area contributed by atoms with Crippen molar-refractivity contribution in [2.75, 3.05) is 12.3 Å². The summed E-state index contributed by atoms with van der Waals surface area (Å²) in [6.07, 6.45) is 6.64. The van der Waals surface area contributed by atoms with E-state index in [1.165, 1.54) is 19.0 Å². The van der Waals surface area contributed by atoms with E-state index in [1.807, 2.05) is 0 Å². The number of aromatic nitrogens is 1. The van der Waals surface area contributed by atoms with Crippen LogP contribution in [0, 0.1) is 5.41 Å². The number of carbonyl (C=O) groups is 1. The summed E-state index contributed by atoms with van der Waals surface area (Å²) in [7, 11) is 0. The van der Waals surface area contributed by atoms with Crippen LogP contribution in [0.3, 0.4) is 0 Å². The Balaban J connectivity index is 1.96. The zero-order valence-electron chi connectivity index (χ0n) is 9.49. The minimum Gasteiger partial charge on any atom is -0.397 e. The molecule has 0 atom stereocenters. The van der Waals surface area contributed by atoms with Gasteiger partial charge in [0, 0.05) is 12.7 Å². The number of nitrogens with one attached hydrogen (secondary N) is 1. The van der Waals surface area contributed by atoms with Crippen molar-refractivity contribution >= 4 is 11.6 Å².